The highest BCUT2D eigenvalue weighted by Crippen LogP contribution is 2.22. The third-order valence-electron chi connectivity index (χ3n) is 2.48. The summed E-state index contributed by atoms with van der Waals surface area (Å²) >= 11 is 5.77. The highest BCUT2D eigenvalue weighted by molar-refractivity contribution is 6.30. The maximum Gasteiger partial charge on any atom is 0.119 e. The molecule has 96 valence electrons. The molecule has 1 aromatic rings. The van der Waals surface area contributed by atoms with Gasteiger partial charge in [0, 0.05) is 5.02 Å². The minimum absolute atomic E-state index is 0.251. The molecule has 1 aromatic carbocycles. The van der Waals surface area contributed by atoms with Crippen LogP contribution in [0.2, 0.25) is 5.02 Å². The Balaban J connectivity index is 2.28. The number of halogens is 1. The fourth-order valence-electron chi connectivity index (χ4n) is 1.41. The van der Waals surface area contributed by atoms with E-state index >= 15 is 0 Å². The highest BCUT2D eigenvalue weighted by Gasteiger charge is 2.13. The average Bonchev–Trinajstić information content (AvgIpc) is 2.25. The minimum Gasteiger partial charge on any atom is -0.491 e. The maximum absolute atomic E-state index is 9.78. The Hall–Kier alpha value is -0.730. The van der Waals surface area contributed by atoms with Crippen LogP contribution in [0.15, 0.2) is 24.3 Å². The fourth-order valence-corrected chi connectivity index (χ4v) is 1.53. The van der Waals surface area contributed by atoms with Gasteiger partial charge in [0.2, 0.25) is 0 Å². The average molecular weight is 257 g/mol. The van der Waals surface area contributed by atoms with Crippen LogP contribution in [0.25, 0.3) is 0 Å². The lowest BCUT2D eigenvalue weighted by atomic mass is 9.89. The van der Waals surface area contributed by atoms with Crippen molar-refractivity contribution >= 4 is 11.6 Å². The molecule has 0 saturated heterocycles. The Kier molecular flexibility index (Phi) is 5.29. The zero-order valence-electron chi connectivity index (χ0n) is 10.7. The molecule has 0 radical (unpaired) electrons. The Morgan fingerprint density at radius 3 is 2.35 bits per heavy atom. The van der Waals surface area contributed by atoms with Crippen LogP contribution in [0.1, 0.15) is 33.6 Å². The molecule has 0 heterocycles. The Bertz CT molecular complexity index is 327. The van der Waals surface area contributed by atoms with E-state index in [-0.39, 0.29) is 5.41 Å². The molecule has 1 rings (SSSR count). The molecule has 2 nitrogen and oxygen atoms in total. The second kappa shape index (κ2) is 6.27. The van der Waals surface area contributed by atoms with Gasteiger partial charge in [-0.3, -0.25) is 0 Å². The first-order valence-electron chi connectivity index (χ1n) is 5.93. The molecule has 0 saturated carbocycles. The summed E-state index contributed by atoms with van der Waals surface area (Å²) in [6.07, 6.45) is 1.33. The van der Waals surface area contributed by atoms with Crippen molar-refractivity contribution in [1.82, 2.24) is 0 Å². The first-order valence-corrected chi connectivity index (χ1v) is 6.31. The summed E-state index contributed by atoms with van der Waals surface area (Å²) in [6, 6.07) is 7.16. The number of rotatable bonds is 5. The van der Waals surface area contributed by atoms with Crippen molar-refractivity contribution < 1.29 is 9.84 Å². The summed E-state index contributed by atoms with van der Waals surface area (Å²) in [6.45, 7) is 6.83. The van der Waals surface area contributed by atoms with E-state index in [1.54, 1.807) is 24.3 Å². The predicted octanol–water partition coefficient (Wildman–Crippen LogP) is 3.91. The van der Waals surface area contributed by atoms with E-state index in [1.165, 1.54) is 0 Å². The lowest BCUT2D eigenvalue weighted by Gasteiger charge is -2.20. The van der Waals surface area contributed by atoms with Gasteiger partial charge in [-0.2, -0.15) is 0 Å². The van der Waals surface area contributed by atoms with Gasteiger partial charge < -0.3 is 9.84 Å². The number of aliphatic hydroxyl groups excluding tert-OH is 1. The van der Waals surface area contributed by atoms with Crippen molar-refractivity contribution in [2.24, 2.45) is 5.41 Å². The van der Waals surface area contributed by atoms with Crippen LogP contribution in [0.3, 0.4) is 0 Å². The van der Waals surface area contributed by atoms with Crippen molar-refractivity contribution in [3.05, 3.63) is 29.3 Å². The zero-order valence-corrected chi connectivity index (χ0v) is 11.5. The van der Waals surface area contributed by atoms with Gasteiger partial charge >= 0.3 is 0 Å². The van der Waals surface area contributed by atoms with Gasteiger partial charge in [0.15, 0.2) is 0 Å². The molecule has 0 spiro atoms. The van der Waals surface area contributed by atoms with Gasteiger partial charge in [0.25, 0.3) is 0 Å². The van der Waals surface area contributed by atoms with E-state index in [9.17, 15) is 5.11 Å². The van der Waals surface area contributed by atoms with Gasteiger partial charge in [-0.05, 0) is 42.5 Å². The van der Waals surface area contributed by atoms with Gasteiger partial charge in [0.1, 0.15) is 12.4 Å². The maximum atomic E-state index is 9.78. The van der Waals surface area contributed by atoms with Crippen LogP contribution in [0.5, 0.6) is 5.75 Å². The smallest absolute Gasteiger partial charge is 0.119 e. The van der Waals surface area contributed by atoms with E-state index in [0.29, 0.717) is 11.6 Å². The molecule has 0 bridgehead atoms. The molecule has 3 heteroatoms. The van der Waals surface area contributed by atoms with Crippen LogP contribution in [0.4, 0.5) is 0 Å². The molecule has 0 fully saturated rings. The summed E-state index contributed by atoms with van der Waals surface area (Å²) in [5, 5.41) is 10.5. The van der Waals surface area contributed by atoms with Gasteiger partial charge in [-0.15, -0.1) is 0 Å². The van der Waals surface area contributed by atoms with E-state index in [4.69, 9.17) is 16.3 Å². The van der Waals surface area contributed by atoms with Crippen LogP contribution < -0.4 is 4.74 Å². The molecular weight excluding hydrogens is 236 g/mol. The van der Waals surface area contributed by atoms with Crippen molar-refractivity contribution in [2.75, 3.05) is 6.61 Å². The number of hydrogen-bond donors (Lipinski definition) is 1. The lowest BCUT2D eigenvalue weighted by molar-refractivity contribution is 0.0889. The van der Waals surface area contributed by atoms with Crippen LogP contribution >= 0.6 is 11.6 Å². The number of aliphatic hydroxyl groups is 1. The predicted molar refractivity (Wildman–Crippen MR) is 71.6 cm³/mol. The third-order valence-corrected chi connectivity index (χ3v) is 2.74. The highest BCUT2D eigenvalue weighted by atomic mass is 35.5. The SMILES string of the molecule is CC(C)(C)CCC(O)COc1ccc(Cl)cc1. The fraction of sp³-hybridized carbons (Fsp3) is 0.571. The molecule has 0 aliphatic heterocycles. The number of ether oxygens (including phenoxy) is 1. The van der Waals surface area contributed by atoms with Crippen molar-refractivity contribution in [3.8, 4) is 5.75 Å². The summed E-state index contributed by atoms with van der Waals surface area (Å²) in [5.74, 6) is 0.740. The summed E-state index contributed by atoms with van der Waals surface area (Å²) in [7, 11) is 0. The van der Waals surface area contributed by atoms with Crippen LogP contribution in [0, 0.1) is 5.41 Å². The lowest BCUT2D eigenvalue weighted by Crippen LogP contribution is -2.20. The van der Waals surface area contributed by atoms with Crippen LogP contribution in [-0.4, -0.2) is 17.8 Å². The molecule has 0 aromatic heterocycles. The Labute approximate surface area is 109 Å². The first kappa shape index (κ1) is 14.3. The van der Waals surface area contributed by atoms with Crippen molar-refractivity contribution in [2.45, 2.75) is 39.7 Å². The molecule has 1 N–H and O–H groups in total. The standard InChI is InChI=1S/C14H21ClO2/c1-14(2,3)9-8-12(16)10-17-13-6-4-11(15)5-7-13/h4-7,12,16H,8-10H2,1-3H3. The number of hydrogen-bond acceptors (Lipinski definition) is 2. The monoisotopic (exact) mass is 256 g/mol. The molecule has 1 unspecified atom stereocenters. The largest absolute Gasteiger partial charge is 0.491 e. The van der Waals surface area contributed by atoms with E-state index in [1.807, 2.05) is 0 Å². The quantitative estimate of drug-likeness (QED) is 0.866. The van der Waals surface area contributed by atoms with Gasteiger partial charge in [0.05, 0.1) is 6.10 Å². The summed E-state index contributed by atoms with van der Waals surface area (Å²) < 4.78 is 5.48. The van der Waals surface area contributed by atoms with Crippen molar-refractivity contribution in [3.63, 3.8) is 0 Å². The minimum atomic E-state index is -0.412. The molecule has 0 aliphatic carbocycles. The molecule has 0 amide bonds. The molecular formula is C14H21ClO2. The number of benzene rings is 1. The second-order valence-corrected chi connectivity index (χ2v) is 5.95. The Morgan fingerprint density at radius 2 is 1.82 bits per heavy atom. The summed E-state index contributed by atoms with van der Waals surface area (Å²) in [5.41, 5.74) is 0.251. The second-order valence-electron chi connectivity index (χ2n) is 5.52. The third kappa shape index (κ3) is 6.54. The van der Waals surface area contributed by atoms with E-state index in [0.717, 1.165) is 18.6 Å². The van der Waals surface area contributed by atoms with E-state index < -0.39 is 6.10 Å². The topological polar surface area (TPSA) is 29.5 Å². The van der Waals surface area contributed by atoms with Gasteiger partial charge in [-0.1, -0.05) is 32.4 Å². The molecule has 17 heavy (non-hydrogen) atoms. The van der Waals surface area contributed by atoms with Gasteiger partial charge in [-0.25, -0.2) is 0 Å². The summed E-state index contributed by atoms with van der Waals surface area (Å²) in [4.78, 5) is 0. The van der Waals surface area contributed by atoms with E-state index in [2.05, 4.69) is 20.8 Å². The molecule has 0 aliphatic rings. The van der Waals surface area contributed by atoms with Crippen molar-refractivity contribution in [1.29, 1.82) is 0 Å². The molecule has 1 atom stereocenters. The van der Waals surface area contributed by atoms with Crippen LogP contribution in [-0.2, 0) is 0 Å². The first-order chi connectivity index (χ1) is 7.87. The Morgan fingerprint density at radius 1 is 1.24 bits per heavy atom. The zero-order chi connectivity index (χ0) is 12.9. The normalized spacial score (nSPS) is 13.5.